The molecule has 0 fully saturated rings. The minimum Gasteiger partial charge on any atom is -0.313 e. The van der Waals surface area contributed by atoms with E-state index < -0.39 is 22.9 Å². The summed E-state index contributed by atoms with van der Waals surface area (Å²) in [5, 5.41) is -0.170. The molecule has 0 aliphatic rings. The Morgan fingerprint density at radius 2 is 2.07 bits per heavy atom. The molecule has 0 radical (unpaired) electrons. The van der Waals surface area contributed by atoms with Crippen molar-refractivity contribution in [3.63, 3.8) is 0 Å². The largest absolute Gasteiger partial charge is 0.349 e. The van der Waals surface area contributed by atoms with Crippen molar-refractivity contribution in [2.24, 2.45) is 7.05 Å². The molecule has 7 heteroatoms. The van der Waals surface area contributed by atoms with Crippen molar-refractivity contribution in [3.8, 4) is 0 Å². The first-order chi connectivity index (χ1) is 7.00. The molecule has 0 unspecified atom stereocenters. The molecule has 2 aromatic heterocycles. The van der Waals surface area contributed by atoms with Gasteiger partial charge in [0.1, 0.15) is 0 Å². The van der Waals surface area contributed by atoms with Crippen LogP contribution in [0.15, 0.2) is 15.8 Å². The van der Waals surface area contributed by atoms with Gasteiger partial charge in [0.2, 0.25) is 17.2 Å². The number of halogens is 2. The van der Waals surface area contributed by atoms with E-state index in [0.717, 1.165) is 10.8 Å². The lowest BCUT2D eigenvalue weighted by Gasteiger charge is -2.00. The predicted octanol–water partition coefficient (Wildman–Crippen LogP) is -0.100. The Labute approximate surface area is 81.0 Å². The summed E-state index contributed by atoms with van der Waals surface area (Å²) in [7, 11) is 1.36. The van der Waals surface area contributed by atoms with Crippen LogP contribution in [0, 0.1) is 11.8 Å². The van der Waals surface area contributed by atoms with Crippen LogP contribution in [0.5, 0.6) is 0 Å². The molecule has 0 amide bonds. The fourth-order valence-electron chi connectivity index (χ4n) is 1.18. The van der Waals surface area contributed by atoms with E-state index in [1.807, 2.05) is 4.98 Å². The second-order valence-electron chi connectivity index (χ2n) is 2.98. The van der Waals surface area contributed by atoms with Crippen molar-refractivity contribution >= 4 is 11.0 Å². The number of H-pyrrole nitrogens is 1. The summed E-state index contributed by atoms with van der Waals surface area (Å²) in [4.78, 5) is 27.6. The van der Waals surface area contributed by atoms with Crippen molar-refractivity contribution in [2.75, 3.05) is 0 Å². The van der Waals surface area contributed by atoms with Crippen LogP contribution in [-0.4, -0.2) is 14.5 Å². The van der Waals surface area contributed by atoms with Gasteiger partial charge in [-0.2, -0.15) is 13.8 Å². The highest BCUT2D eigenvalue weighted by Gasteiger charge is 2.12. The Bertz CT molecular complexity index is 659. The minimum absolute atomic E-state index is 0.170. The molecule has 2 heterocycles. The normalized spacial score (nSPS) is 10.9. The molecule has 2 rings (SSSR count). The lowest BCUT2D eigenvalue weighted by Crippen LogP contribution is -2.23. The minimum atomic E-state index is -1.51. The van der Waals surface area contributed by atoms with Gasteiger partial charge in [0.15, 0.2) is 5.65 Å². The summed E-state index contributed by atoms with van der Waals surface area (Å²) in [5.41, 5.74) is -2.05. The second-order valence-corrected chi connectivity index (χ2v) is 2.98. The zero-order valence-electron chi connectivity index (χ0n) is 7.54. The molecule has 2 aromatic rings. The Kier molecular flexibility index (Phi) is 1.88. The van der Waals surface area contributed by atoms with Gasteiger partial charge in [-0.25, -0.2) is 4.79 Å². The zero-order chi connectivity index (χ0) is 11.2. The molecule has 0 bridgehead atoms. The smallest absolute Gasteiger partial charge is 0.313 e. The van der Waals surface area contributed by atoms with Gasteiger partial charge in [0.25, 0.3) is 0 Å². The summed E-state index contributed by atoms with van der Waals surface area (Å²) >= 11 is 0. The molecule has 0 aliphatic carbocycles. The number of aromatic nitrogens is 3. The van der Waals surface area contributed by atoms with Gasteiger partial charge in [0, 0.05) is 13.2 Å². The van der Waals surface area contributed by atoms with Gasteiger partial charge in [-0.15, -0.1) is 0 Å². The van der Waals surface area contributed by atoms with Gasteiger partial charge < -0.3 is 9.55 Å². The van der Waals surface area contributed by atoms with E-state index in [4.69, 9.17) is 0 Å². The first kappa shape index (κ1) is 9.50. The van der Waals surface area contributed by atoms with E-state index in [1.165, 1.54) is 7.05 Å². The highest BCUT2D eigenvalue weighted by Crippen LogP contribution is 2.04. The maximum atomic E-state index is 12.9. The lowest BCUT2D eigenvalue weighted by molar-refractivity contribution is 0.477. The molecule has 78 valence electrons. The summed E-state index contributed by atoms with van der Waals surface area (Å²) in [6.45, 7) is 0. The first-order valence-corrected chi connectivity index (χ1v) is 3.95. The first-order valence-electron chi connectivity index (χ1n) is 3.95. The zero-order valence-corrected chi connectivity index (χ0v) is 7.54. The molecule has 5 nitrogen and oxygen atoms in total. The van der Waals surface area contributed by atoms with Crippen molar-refractivity contribution in [3.05, 3.63) is 38.7 Å². The van der Waals surface area contributed by atoms with Crippen LogP contribution in [0.2, 0.25) is 0 Å². The monoisotopic (exact) mass is 213 g/mol. The van der Waals surface area contributed by atoms with Crippen LogP contribution in [0.4, 0.5) is 8.78 Å². The number of rotatable bonds is 0. The number of nitrogens with zero attached hydrogens (tertiary/aromatic N) is 2. The Morgan fingerprint density at radius 1 is 1.40 bits per heavy atom. The summed E-state index contributed by atoms with van der Waals surface area (Å²) in [6, 6.07) is 0. The molecule has 0 saturated heterocycles. The third kappa shape index (κ3) is 1.32. The third-order valence-corrected chi connectivity index (χ3v) is 1.95. The average molecular weight is 213 g/mol. The fourth-order valence-corrected chi connectivity index (χ4v) is 1.18. The average Bonchev–Trinajstić information content (AvgIpc) is 2.19. The predicted molar refractivity (Wildman–Crippen MR) is 47.5 cm³/mol. The molecule has 0 aliphatic heterocycles. The topological polar surface area (TPSA) is 67.8 Å². The van der Waals surface area contributed by atoms with E-state index in [9.17, 15) is 18.4 Å². The Balaban J connectivity index is 3.07. The maximum Gasteiger partial charge on any atom is 0.349 e. The molecule has 0 atom stereocenters. The quantitative estimate of drug-likeness (QED) is 0.621. The number of hydrogen-bond acceptors (Lipinski definition) is 3. The van der Waals surface area contributed by atoms with E-state index in [-0.39, 0.29) is 11.0 Å². The van der Waals surface area contributed by atoms with Crippen LogP contribution < -0.4 is 11.1 Å². The van der Waals surface area contributed by atoms with Gasteiger partial charge >= 0.3 is 5.69 Å². The SMILES string of the molecule is Cn1cc2c(=O)c(F)c(F)[nH]c2nc1=O. The molecular weight excluding hydrogens is 208 g/mol. The molecule has 0 saturated carbocycles. The van der Waals surface area contributed by atoms with Gasteiger partial charge in [-0.3, -0.25) is 4.79 Å². The maximum absolute atomic E-state index is 12.9. The van der Waals surface area contributed by atoms with Crippen LogP contribution in [-0.2, 0) is 7.05 Å². The Hall–Kier alpha value is -2.05. The standard InChI is InChI=1S/C8H5F2N3O2/c1-13-2-3-5(14)4(9)6(10)11-7(3)12-8(13)15/h2H,1H3,(H,11,12,15). The van der Waals surface area contributed by atoms with E-state index in [0.29, 0.717) is 0 Å². The van der Waals surface area contributed by atoms with E-state index in [2.05, 4.69) is 4.98 Å². The van der Waals surface area contributed by atoms with Crippen LogP contribution in [0.1, 0.15) is 0 Å². The number of aryl methyl sites for hydroxylation is 1. The number of hydrogen-bond donors (Lipinski definition) is 1. The van der Waals surface area contributed by atoms with Crippen molar-refractivity contribution in [2.45, 2.75) is 0 Å². The highest BCUT2D eigenvalue weighted by atomic mass is 19.2. The summed E-state index contributed by atoms with van der Waals surface area (Å²) in [6.07, 6.45) is 1.10. The second kappa shape index (κ2) is 2.97. The van der Waals surface area contributed by atoms with Crippen molar-refractivity contribution in [1.82, 2.24) is 14.5 Å². The molecule has 15 heavy (non-hydrogen) atoms. The van der Waals surface area contributed by atoms with Crippen LogP contribution in [0.3, 0.4) is 0 Å². The fraction of sp³-hybridized carbons (Fsp3) is 0.125. The van der Waals surface area contributed by atoms with E-state index in [1.54, 1.807) is 0 Å². The number of fused-ring (bicyclic) bond motifs is 1. The molecule has 0 aromatic carbocycles. The van der Waals surface area contributed by atoms with Crippen LogP contribution >= 0.6 is 0 Å². The van der Waals surface area contributed by atoms with Crippen LogP contribution in [0.25, 0.3) is 11.0 Å². The van der Waals surface area contributed by atoms with Gasteiger partial charge in [-0.1, -0.05) is 0 Å². The number of nitrogens with one attached hydrogen (secondary N) is 1. The Morgan fingerprint density at radius 3 is 2.73 bits per heavy atom. The van der Waals surface area contributed by atoms with Crippen molar-refractivity contribution < 1.29 is 8.78 Å². The van der Waals surface area contributed by atoms with E-state index >= 15 is 0 Å². The molecule has 0 spiro atoms. The summed E-state index contributed by atoms with van der Waals surface area (Å²) < 4.78 is 26.6. The number of pyridine rings is 1. The van der Waals surface area contributed by atoms with Gasteiger partial charge in [-0.05, 0) is 0 Å². The molecular formula is C8H5F2N3O2. The lowest BCUT2D eigenvalue weighted by atomic mass is 10.3. The summed E-state index contributed by atoms with van der Waals surface area (Å²) in [5.74, 6) is -2.93. The van der Waals surface area contributed by atoms with Gasteiger partial charge in [0.05, 0.1) is 5.39 Å². The number of aromatic amines is 1. The highest BCUT2D eigenvalue weighted by molar-refractivity contribution is 5.72. The molecule has 1 N–H and O–H groups in total. The van der Waals surface area contributed by atoms with Crippen molar-refractivity contribution in [1.29, 1.82) is 0 Å². The third-order valence-electron chi connectivity index (χ3n) is 1.95.